The molecule has 8 rings (SSSR count). The van der Waals surface area contributed by atoms with Crippen molar-refractivity contribution < 1.29 is 18.0 Å². The Labute approximate surface area is 328 Å². The first kappa shape index (κ1) is 37.8. The normalized spacial score (nSPS) is 18.2. The van der Waals surface area contributed by atoms with Gasteiger partial charge in [0, 0.05) is 43.5 Å². The minimum absolute atomic E-state index is 0.0163. The molecular formula is C46H49N5O4S. The summed E-state index contributed by atoms with van der Waals surface area (Å²) in [4.78, 5) is 27.6. The van der Waals surface area contributed by atoms with Crippen molar-refractivity contribution in [3.05, 3.63) is 131 Å². The summed E-state index contributed by atoms with van der Waals surface area (Å²) < 4.78 is 28.9. The van der Waals surface area contributed by atoms with Gasteiger partial charge >= 0.3 is 0 Å². The molecule has 1 aliphatic heterocycles. The molecule has 1 heterocycles. The van der Waals surface area contributed by atoms with Gasteiger partial charge in [0.25, 0.3) is 0 Å². The smallest absolute Gasteiger partial charge is 0.243 e. The van der Waals surface area contributed by atoms with Crippen LogP contribution in [0, 0.1) is 0 Å². The Bertz CT molecular complexity index is 2570. The number of amides is 2. The maximum Gasteiger partial charge on any atom is 0.243 e. The third-order valence-corrected chi connectivity index (χ3v) is 13.8. The minimum Gasteiger partial charge on any atom is -0.353 e. The van der Waals surface area contributed by atoms with E-state index >= 15 is 0 Å². The second-order valence-electron chi connectivity index (χ2n) is 15.2. The predicted octanol–water partition coefficient (Wildman–Crippen LogP) is 7.48. The minimum atomic E-state index is -4.08. The topological polar surface area (TPSA) is 134 Å². The zero-order valence-electron chi connectivity index (χ0n) is 32.0. The Morgan fingerprint density at radius 3 is 2.38 bits per heavy atom. The lowest BCUT2D eigenvalue weighted by molar-refractivity contribution is -0.130. The number of anilines is 1. The maximum absolute atomic E-state index is 14.2. The monoisotopic (exact) mass is 767 g/mol. The average molecular weight is 768 g/mol. The van der Waals surface area contributed by atoms with E-state index in [2.05, 4.69) is 84.4 Å². The van der Waals surface area contributed by atoms with Gasteiger partial charge in [-0.25, -0.2) is 8.42 Å². The standard InChI is InChI=1S/C46H49N5O4S/c1-3-29(2)49-28-32-25-42-38-14-8-13-37(39(38)21-22-40(42)36-12-7-6-10-34(32)36)41-20-17-31-9-4-5-11-35(31)45(41)50-44(52)26-43-46(53)48-23-24-51(43)56(54,55)33-18-15-30(27-47)16-19-33/h4-7,9-12,15-22,25,29,37,43,49H,3,8,13-14,23-24,26-28,47H2,1-2H3,(H,48,53)(H,50,52)/t29-,37+,43+/m0/s1. The molecule has 0 unspecified atom stereocenters. The zero-order chi connectivity index (χ0) is 39.0. The molecule has 5 N–H and O–H groups in total. The largest absolute Gasteiger partial charge is 0.353 e. The lowest BCUT2D eigenvalue weighted by atomic mass is 9.75. The molecule has 6 aromatic carbocycles. The molecule has 1 fully saturated rings. The molecular weight excluding hydrogens is 719 g/mol. The number of benzene rings is 6. The first-order valence-electron chi connectivity index (χ1n) is 19.8. The number of hydrogen-bond donors (Lipinski definition) is 4. The van der Waals surface area contributed by atoms with Gasteiger partial charge in [-0.05, 0) is 106 Å². The Morgan fingerprint density at radius 1 is 0.893 bits per heavy atom. The molecule has 3 atom stereocenters. The summed E-state index contributed by atoms with van der Waals surface area (Å²) >= 11 is 0. The van der Waals surface area contributed by atoms with Crippen LogP contribution in [0.15, 0.2) is 108 Å². The Balaban J connectivity index is 1.16. The lowest BCUT2D eigenvalue weighted by Crippen LogP contribution is -2.57. The number of aryl methyl sites for hydroxylation is 1. The fourth-order valence-electron chi connectivity index (χ4n) is 8.67. The molecule has 0 bridgehead atoms. The first-order chi connectivity index (χ1) is 27.2. The molecule has 0 spiro atoms. The van der Waals surface area contributed by atoms with Gasteiger partial charge in [0.2, 0.25) is 21.8 Å². The first-order valence-corrected chi connectivity index (χ1v) is 21.2. The summed E-state index contributed by atoms with van der Waals surface area (Å²) in [5, 5.41) is 16.6. The summed E-state index contributed by atoms with van der Waals surface area (Å²) in [6.07, 6.45) is 3.59. The Hall–Kier alpha value is -5.13. The molecule has 0 saturated carbocycles. The molecule has 2 amide bonds. The highest BCUT2D eigenvalue weighted by molar-refractivity contribution is 7.89. The number of sulfonamides is 1. The van der Waals surface area contributed by atoms with Gasteiger partial charge in [0.05, 0.1) is 17.0 Å². The maximum atomic E-state index is 14.2. The van der Waals surface area contributed by atoms with Crippen LogP contribution < -0.4 is 21.7 Å². The Kier molecular flexibility index (Phi) is 10.6. The van der Waals surface area contributed by atoms with Crippen LogP contribution in [0.5, 0.6) is 0 Å². The van der Waals surface area contributed by atoms with Crippen LogP contribution in [-0.2, 0) is 39.1 Å². The van der Waals surface area contributed by atoms with Gasteiger partial charge in [-0.2, -0.15) is 4.31 Å². The van der Waals surface area contributed by atoms with E-state index in [9.17, 15) is 18.0 Å². The van der Waals surface area contributed by atoms with Gasteiger partial charge in [0.15, 0.2) is 0 Å². The van der Waals surface area contributed by atoms with Gasteiger partial charge < -0.3 is 21.7 Å². The number of rotatable bonds is 11. The van der Waals surface area contributed by atoms with Crippen LogP contribution in [-0.4, -0.2) is 49.7 Å². The van der Waals surface area contributed by atoms with Crippen LogP contribution in [0.2, 0.25) is 0 Å². The van der Waals surface area contributed by atoms with Crippen molar-refractivity contribution in [1.82, 2.24) is 14.9 Å². The number of nitrogens with zero attached hydrogens (tertiary/aromatic N) is 1. The van der Waals surface area contributed by atoms with E-state index in [-0.39, 0.29) is 36.9 Å². The molecule has 10 heteroatoms. The number of fused-ring (bicyclic) bond motifs is 6. The highest BCUT2D eigenvalue weighted by atomic mass is 32.2. The molecule has 288 valence electrons. The summed E-state index contributed by atoms with van der Waals surface area (Å²) in [6.45, 7) is 5.71. The molecule has 9 nitrogen and oxygen atoms in total. The Morgan fingerprint density at radius 2 is 1.61 bits per heavy atom. The summed E-state index contributed by atoms with van der Waals surface area (Å²) in [7, 11) is -4.08. The van der Waals surface area contributed by atoms with Crippen molar-refractivity contribution >= 4 is 59.8 Å². The van der Waals surface area contributed by atoms with Crippen molar-refractivity contribution in [1.29, 1.82) is 0 Å². The van der Waals surface area contributed by atoms with Crippen molar-refractivity contribution in [2.75, 3.05) is 18.4 Å². The van der Waals surface area contributed by atoms with Crippen molar-refractivity contribution in [3.63, 3.8) is 0 Å². The van der Waals surface area contributed by atoms with Gasteiger partial charge in [-0.3, -0.25) is 9.59 Å². The SMILES string of the molecule is CC[C@H](C)NCc1cc2c3c(ccc2c2ccccc12)[C@H](c1ccc2ccccc2c1NC(=O)C[C@@H]1C(=O)NCCN1S(=O)(=O)c1ccc(CN)cc1)CCC3. The number of piperazine rings is 1. The zero-order valence-corrected chi connectivity index (χ0v) is 32.8. The molecule has 2 aliphatic rings. The highest BCUT2D eigenvalue weighted by Gasteiger charge is 2.40. The fraction of sp³-hybridized carbons (Fsp3) is 0.304. The molecule has 56 heavy (non-hydrogen) atoms. The van der Waals surface area contributed by atoms with E-state index in [0.717, 1.165) is 58.4 Å². The summed E-state index contributed by atoms with van der Waals surface area (Å²) in [6, 6.07) is 33.4. The third-order valence-electron chi connectivity index (χ3n) is 11.9. The van der Waals surface area contributed by atoms with E-state index in [1.54, 1.807) is 12.1 Å². The van der Waals surface area contributed by atoms with E-state index in [4.69, 9.17) is 5.73 Å². The van der Waals surface area contributed by atoms with E-state index in [0.29, 0.717) is 11.7 Å². The van der Waals surface area contributed by atoms with Crippen LogP contribution in [0.25, 0.3) is 32.3 Å². The van der Waals surface area contributed by atoms with Crippen LogP contribution in [0.4, 0.5) is 5.69 Å². The van der Waals surface area contributed by atoms with E-state index in [1.807, 2.05) is 24.3 Å². The number of hydrogen-bond acceptors (Lipinski definition) is 6. The quantitative estimate of drug-likeness (QED) is 0.101. The van der Waals surface area contributed by atoms with E-state index in [1.165, 1.54) is 50.4 Å². The predicted molar refractivity (Wildman–Crippen MR) is 225 cm³/mol. The second-order valence-corrected chi connectivity index (χ2v) is 17.1. The van der Waals surface area contributed by atoms with Gasteiger partial charge in [-0.1, -0.05) is 91.9 Å². The third kappa shape index (κ3) is 7.07. The lowest BCUT2D eigenvalue weighted by Gasteiger charge is -2.34. The number of carbonyl (C=O) groups excluding carboxylic acids is 2. The molecule has 0 radical (unpaired) electrons. The van der Waals surface area contributed by atoms with E-state index < -0.39 is 27.9 Å². The molecule has 6 aromatic rings. The van der Waals surface area contributed by atoms with Gasteiger partial charge in [-0.15, -0.1) is 0 Å². The molecule has 1 saturated heterocycles. The number of carbonyl (C=O) groups is 2. The summed E-state index contributed by atoms with van der Waals surface area (Å²) in [5.74, 6) is -0.906. The summed E-state index contributed by atoms with van der Waals surface area (Å²) in [5.41, 5.74) is 12.1. The number of nitrogens with one attached hydrogen (secondary N) is 3. The molecule has 0 aromatic heterocycles. The average Bonchev–Trinajstić information content (AvgIpc) is 3.23. The highest BCUT2D eigenvalue weighted by Crippen LogP contribution is 2.45. The van der Waals surface area contributed by atoms with Crippen LogP contribution in [0.1, 0.15) is 73.3 Å². The van der Waals surface area contributed by atoms with Crippen LogP contribution in [0.3, 0.4) is 0 Å². The van der Waals surface area contributed by atoms with Gasteiger partial charge in [0.1, 0.15) is 6.04 Å². The van der Waals surface area contributed by atoms with Crippen molar-refractivity contribution in [2.45, 2.75) is 81.9 Å². The molecule has 1 aliphatic carbocycles. The number of nitrogens with two attached hydrogens (primary N) is 1. The van der Waals surface area contributed by atoms with Crippen molar-refractivity contribution in [2.24, 2.45) is 5.73 Å². The van der Waals surface area contributed by atoms with Crippen LogP contribution >= 0.6 is 0 Å². The fourth-order valence-corrected chi connectivity index (χ4v) is 10.3. The van der Waals surface area contributed by atoms with Crippen molar-refractivity contribution in [3.8, 4) is 0 Å². The second kappa shape index (κ2) is 15.8.